The van der Waals surface area contributed by atoms with Gasteiger partial charge in [0.05, 0.1) is 6.04 Å². The Bertz CT molecular complexity index is 1420. The molecule has 0 aliphatic carbocycles. The molecule has 5 rings (SSSR count). The predicted octanol–water partition coefficient (Wildman–Crippen LogP) is -1.75. The molecule has 2 aliphatic rings. The number of aromatic nitrogens is 1. The van der Waals surface area contributed by atoms with E-state index in [0.717, 1.165) is 21.2 Å². The number of carbonyl (C=O) groups is 1. The Morgan fingerprint density at radius 2 is 1.42 bits per heavy atom. The van der Waals surface area contributed by atoms with E-state index in [4.69, 9.17) is 0 Å². The van der Waals surface area contributed by atoms with Gasteiger partial charge in [-0.15, -0.1) is 11.8 Å². The smallest absolute Gasteiger partial charge is 0.335 e. The fourth-order valence-electron chi connectivity index (χ4n) is 4.79. The van der Waals surface area contributed by atoms with Crippen LogP contribution in [0.3, 0.4) is 0 Å². The molecule has 2 aromatic carbocycles. The first-order valence-electron chi connectivity index (χ1n) is 11.2. The number of hydrogen-bond donors (Lipinski definition) is 8. The van der Waals surface area contributed by atoms with Crippen LogP contribution in [0.2, 0.25) is 0 Å². The van der Waals surface area contributed by atoms with Crippen LogP contribution in [0.15, 0.2) is 70.5 Å². The molecule has 200 valence electrons. The largest absolute Gasteiger partial charge is 0.502 e. The van der Waals surface area contributed by atoms with Crippen LogP contribution in [0.5, 0.6) is 5.75 Å². The van der Waals surface area contributed by atoms with Gasteiger partial charge in [0.1, 0.15) is 6.67 Å². The van der Waals surface area contributed by atoms with Crippen molar-refractivity contribution in [3.63, 3.8) is 0 Å². The summed E-state index contributed by atoms with van der Waals surface area (Å²) in [5.74, 6) is -11.1. The Kier molecular flexibility index (Phi) is 6.05. The summed E-state index contributed by atoms with van der Waals surface area (Å²) in [5, 5.41) is 82.3. The van der Waals surface area contributed by atoms with Gasteiger partial charge in [0.2, 0.25) is 5.43 Å². The number of pyridine rings is 1. The number of rotatable bonds is 4. The molecular weight excluding hydrogens is 522 g/mol. The molecular formula is C24H23N3O10S. The molecule has 14 heteroatoms. The summed E-state index contributed by atoms with van der Waals surface area (Å²) in [6.45, 7) is -0.921. The van der Waals surface area contributed by atoms with Crippen LogP contribution >= 0.6 is 11.8 Å². The number of fused-ring (bicyclic) bond motifs is 3. The summed E-state index contributed by atoms with van der Waals surface area (Å²) in [5.41, 5.74) is -3.89. The van der Waals surface area contributed by atoms with Crippen LogP contribution in [0.4, 0.5) is 0 Å². The fourth-order valence-corrected chi connectivity index (χ4v) is 5.89. The van der Waals surface area contributed by atoms with Gasteiger partial charge in [-0.2, -0.15) is 0 Å². The minimum Gasteiger partial charge on any atom is -0.502 e. The average molecular weight is 546 g/mol. The van der Waals surface area contributed by atoms with E-state index in [-0.39, 0.29) is 4.90 Å². The first-order valence-corrected chi connectivity index (χ1v) is 12.2. The van der Waals surface area contributed by atoms with Gasteiger partial charge in [-0.1, -0.05) is 42.5 Å². The molecule has 3 aromatic rings. The third kappa shape index (κ3) is 3.78. The van der Waals surface area contributed by atoms with Gasteiger partial charge in [0.25, 0.3) is 5.91 Å². The van der Waals surface area contributed by atoms with E-state index in [2.05, 4.69) is 0 Å². The number of nitrogens with zero attached hydrogens (tertiary/aromatic N) is 3. The average Bonchev–Trinajstić information content (AvgIpc) is 3.01. The monoisotopic (exact) mass is 545 g/mol. The highest BCUT2D eigenvalue weighted by molar-refractivity contribution is 7.98. The highest BCUT2D eigenvalue weighted by Gasteiger charge is 2.69. The van der Waals surface area contributed by atoms with Crippen LogP contribution < -0.4 is 10.4 Å². The predicted molar refractivity (Wildman–Crippen MR) is 130 cm³/mol. The molecule has 8 N–H and O–H groups in total. The molecule has 2 aliphatic heterocycles. The maximum absolute atomic E-state index is 13.5. The molecule has 0 saturated heterocycles. The molecule has 38 heavy (non-hydrogen) atoms. The molecule has 0 saturated carbocycles. The van der Waals surface area contributed by atoms with Crippen LogP contribution in [-0.2, 0) is 5.75 Å². The van der Waals surface area contributed by atoms with E-state index in [1.807, 2.05) is 24.3 Å². The molecule has 1 unspecified atom stereocenters. The van der Waals surface area contributed by atoms with Crippen molar-refractivity contribution in [2.45, 2.75) is 34.4 Å². The maximum Gasteiger partial charge on any atom is 0.335 e. The normalized spacial score (nSPS) is 18.0. The van der Waals surface area contributed by atoms with Crippen LogP contribution in [0, 0.1) is 0 Å². The number of amides is 1. The van der Waals surface area contributed by atoms with Gasteiger partial charge >= 0.3 is 17.7 Å². The van der Waals surface area contributed by atoms with Gasteiger partial charge in [0.15, 0.2) is 11.4 Å². The van der Waals surface area contributed by atoms with Gasteiger partial charge in [-0.05, 0) is 22.8 Å². The summed E-state index contributed by atoms with van der Waals surface area (Å²) in [4.78, 5) is 26.5. The summed E-state index contributed by atoms with van der Waals surface area (Å²) in [6.07, 6.45) is 1.17. The third-order valence-electron chi connectivity index (χ3n) is 6.64. The van der Waals surface area contributed by atoms with Crippen molar-refractivity contribution in [2.24, 2.45) is 0 Å². The highest BCUT2D eigenvalue weighted by Crippen LogP contribution is 2.44. The molecule has 0 fully saturated rings. The molecule has 3 heterocycles. The van der Waals surface area contributed by atoms with Crippen molar-refractivity contribution in [1.29, 1.82) is 0 Å². The lowest BCUT2D eigenvalue weighted by atomic mass is 9.94. The zero-order chi connectivity index (χ0) is 27.6. The minimum absolute atomic E-state index is 0.0647. The van der Waals surface area contributed by atoms with Gasteiger partial charge < -0.3 is 40.9 Å². The molecule has 13 nitrogen and oxygen atoms in total. The molecule has 1 amide bonds. The molecule has 0 bridgehead atoms. The van der Waals surface area contributed by atoms with E-state index in [1.54, 1.807) is 24.3 Å². The van der Waals surface area contributed by atoms with Crippen LogP contribution in [0.25, 0.3) is 0 Å². The lowest BCUT2D eigenvalue weighted by Gasteiger charge is -2.52. The number of thioether (sulfide) groups is 1. The summed E-state index contributed by atoms with van der Waals surface area (Å²) in [6, 6.07) is 14.6. The van der Waals surface area contributed by atoms with Crippen molar-refractivity contribution >= 4 is 17.7 Å². The third-order valence-corrected chi connectivity index (χ3v) is 7.77. The molecule has 0 spiro atoms. The van der Waals surface area contributed by atoms with Crippen molar-refractivity contribution in [2.75, 3.05) is 11.7 Å². The van der Waals surface area contributed by atoms with E-state index in [0.29, 0.717) is 16.9 Å². The molecule has 0 radical (unpaired) electrons. The first kappa shape index (κ1) is 26.1. The SMILES string of the molecule is O=C1c2c(O)c(=O)ccn2N(C2c3ccccc3CSc3ccccc32)CN1C(O)(C(O)(O)O)C(O)(O)O. The molecule has 1 aromatic heterocycles. The lowest BCUT2D eigenvalue weighted by Crippen LogP contribution is -2.79. The van der Waals surface area contributed by atoms with E-state index < -0.39 is 53.2 Å². The second-order valence-electron chi connectivity index (χ2n) is 8.91. The second-order valence-corrected chi connectivity index (χ2v) is 9.92. The van der Waals surface area contributed by atoms with E-state index in [9.17, 15) is 50.4 Å². The zero-order valence-corrected chi connectivity index (χ0v) is 20.2. The lowest BCUT2D eigenvalue weighted by molar-refractivity contribution is -0.520. The molecule has 1 atom stereocenters. The number of carbonyl (C=O) groups excluding carboxylic acids is 1. The van der Waals surface area contributed by atoms with Gasteiger partial charge in [0, 0.05) is 22.9 Å². The Balaban J connectivity index is 1.82. The van der Waals surface area contributed by atoms with Crippen molar-refractivity contribution < 1.29 is 45.6 Å². The summed E-state index contributed by atoms with van der Waals surface area (Å²) in [7, 11) is 0. The Morgan fingerprint density at radius 1 is 0.816 bits per heavy atom. The minimum atomic E-state index is -4.51. The first-order chi connectivity index (χ1) is 17.8. The Hall–Kier alpha value is -3.47. The highest BCUT2D eigenvalue weighted by atomic mass is 32.2. The standard InChI is InChI=1S/C24H23N3O10S/c28-16-9-10-26-19(20(16)29)21(30)25(22(31,23(32,33)34)24(35,36)37)12-27(26)18-14-6-2-1-5-13(14)11-38-17-8-4-3-7-15(17)18/h1-10,18,29,31-37H,11-12H2. The number of aromatic hydroxyl groups is 1. The van der Waals surface area contributed by atoms with Gasteiger partial charge in [-0.3, -0.25) is 24.2 Å². The van der Waals surface area contributed by atoms with Crippen molar-refractivity contribution in [3.05, 3.63) is 93.4 Å². The Morgan fingerprint density at radius 3 is 2.08 bits per heavy atom. The zero-order valence-electron chi connectivity index (χ0n) is 19.4. The Labute approximate surface area is 218 Å². The number of aliphatic hydroxyl groups is 7. The van der Waals surface area contributed by atoms with Crippen molar-refractivity contribution in [1.82, 2.24) is 9.58 Å². The van der Waals surface area contributed by atoms with Crippen LogP contribution in [0.1, 0.15) is 33.2 Å². The van der Waals surface area contributed by atoms with E-state index in [1.165, 1.54) is 23.0 Å². The van der Waals surface area contributed by atoms with E-state index >= 15 is 0 Å². The summed E-state index contributed by atoms with van der Waals surface area (Å²) < 4.78 is 1.10. The number of hydrogen-bond acceptors (Lipinski definition) is 12. The summed E-state index contributed by atoms with van der Waals surface area (Å²) >= 11 is 1.52. The van der Waals surface area contributed by atoms with Crippen LogP contribution in [-0.4, -0.2) is 80.7 Å². The maximum atomic E-state index is 13.5. The second kappa shape index (κ2) is 8.79. The topological polar surface area (TPSA) is 207 Å². The number of benzene rings is 2. The fraction of sp³-hybridized carbons (Fsp3) is 0.250. The van der Waals surface area contributed by atoms with Crippen molar-refractivity contribution in [3.8, 4) is 5.75 Å². The quantitative estimate of drug-likeness (QED) is 0.172. The van der Waals surface area contributed by atoms with Gasteiger partial charge in [-0.25, -0.2) is 0 Å².